The van der Waals surface area contributed by atoms with Gasteiger partial charge >= 0.3 is 5.97 Å². The number of carboxylic acids is 1. The molecule has 0 spiro atoms. The molecule has 3 N–H and O–H groups in total. The fourth-order valence-corrected chi connectivity index (χ4v) is 3.56. The van der Waals surface area contributed by atoms with E-state index in [0.29, 0.717) is 23.9 Å². The van der Waals surface area contributed by atoms with Crippen molar-refractivity contribution in [3.8, 4) is 17.0 Å². The van der Waals surface area contributed by atoms with Crippen LogP contribution in [0.3, 0.4) is 0 Å². The number of carbonyl (C=O) groups is 1. The second kappa shape index (κ2) is 7.99. The maximum atomic E-state index is 11.8. The molecule has 4 aromatic rings. The standard InChI is InChI=1S/C22H19N7O3/c1-29-12-13-8-10-32-19-14(18(13)28-29)5-4-6-16(19)25-20-15(21(30)31)11-24-22(27-20)26-17-7-2-3-9-23-17/h2-7,9,11-12H,8,10H2,1H3,(H,30,31)(H2,23,24,25,26,27). The minimum Gasteiger partial charge on any atom is -0.490 e. The maximum Gasteiger partial charge on any atom is 0.341 e. The predicted molar refractivity (Wildman–Crippen MR) is 118 cm³/mol. The van der Waals surface area contributed by atoms with Gasteiger partial charge in [0.25, 0.3) is 0 Å². The van der Waals surface area contributed by atoms with Gasteiger partial charge in [0.2, 0.25) is 5.95 Å². The van der Waals surface area contributed by atoms with Crippen LogP contribution in [-0.4, -0.2) is 42.4 Å². The summed E-state index contributed by atoms with van der Waals surface area (Å²) >= 11 is 0. The molecule has 0 fully saturated rings. The van der Waals surface area contributed by atoms with Gasteiger partial charge < -0.3 is 20.5 Å². The maximum absolute atomic E-state index is 11.8. The van der Waals surface area contributed by atoms with Crippen molar-refractivity contribution in [3.63, 3.8) is 0 Å². The molecule has 0 amide bonds. The Hall–Kier alpha value is -4.47. The van der Waals surface area contributed by atoms with Crippen LogP contribution in [0, 0.1) is 0 Å². The number of aromatic nitrogens is 5. The molecular formula is C22H19N7O3. The molecule has 10 heteroatoms. The monoisotopic (exact) mass is 429 g/mol. The Balaban J connectivity index is 1.54. The number of ether oxygens (including phenoxy) is 1. The lowest BCUT2D eigenvalue weighted by Gasteiger charge is -2.16. The highest BCUT2D eigenvalue weighted by molar-refractivity contribution is 5.94. The van der Waals surface area contributed by atoms with Gasteiger partial charge in [0.1, 0.15) is 11.4 Å². The molecule has 160 valence electrons. The Morgan fingerprint density at radius 1 is 1.16 bits per heavy atom. The molecule has 1 aromatic carbocycles. The van der Waals surface area contributed by atoms with Gasteiger partial charge in [0.15, 0.2) is 11.6 Å². The largest absolute Gasteiger partial charge is 0.490 e. The fraction of sp³-hybridized carbons (Fsp3) is 0.136. The third-order valence-electron chi connectivity index (χ3n) is 4.97. The molecular weight excluding hydrogens is 410 g/mol. The van der Waals surface area contributed by atoms with E-state index in [0.717, 1.165) is 23.2 Å². The van der Waals surface area contributed by atoms with Gasteiger partial charge in [0, 0.05) is 43.2 Å². The van der Waals surface area contributed by atoms with Gasteiger partial charge in [0.05, 0.1) is 18.0 Å². The number of nitrogens with one attached hydrogen (secondary N) is 2. The van der Waals surface area contributed by atoms with Crippen LogP contribution in [0.5, 0.6) is 5.75 Å². The van der Waals surface area contributed by atoms with E-state index >= 15 is 0 Å². The fourth-order valence-electron chi connectivity index (χ4n) is 3.56. The predicted octanol–water partition coefficient (Wildman–Crippen LogP) is 3.39. The Bertz CT molecular complexity index is 1300. The summed E-state index contributed by atoms with van der Waals surface area (Å²) in [4.78, 5) is 24.5. The van der Waals surface area contributed by atoms with Crippen LogP contribution in [0.15, 0.2) is 55.0 Å². The normalized spacial score (nSPS) is 12.2. The molecule has 5 rings (SSSR count). The van der Waals surface area contributed by atoms with E-state index in [1.54, 1.807) is 23.0 Å². The summed E-state index contributed by atoms with van der Waals surface area (Å²) in [6.07, 6.45) is 5.59. The number of hydrogen-bond acceptors (Lipinski definition) is 8. The lowest BCUT2D eigenvalue weighted by atomic mass is 10.1. The van der Waals surface area contributed by atoms with E-state index in [4.69, 9.17) is 4.74 Å². The van der Waals surface area contributed by atoms with Crippen LogP contribution in [0.2, 0.25) is 0 Å². The van der Waals surface area contributed by atoms with Crippen molar-refractivity contribution < 1.29 is 14.6 Å². The number of fused-ring (bicyclic) bond motifs is 3. The molecule has 0 atom stereocenters. The van der Waals surface area contributed by atoms with Crippen molar-refractivity contribution in [1.82, 2.24) is 24.7 Å². The smallest absolute Gasteiger partial charge is 0.341 e. The quantitative estimate of drug-likeness (QED) is 0.437. The summed E-state index contributed by atoms with van der Waals surface area (Å²) in [6, 6.07) is 11.0. The van der Waals surface area contributed by atoms with Gasteiger partial charge in [-0.2, -0.15) is 10.1 Å². The molecule has 1 aliphatic rings. The van der Waals surface area contributed by atoms with Crippen molar-refractivity contribution >= 4 is 29.2 Å². The second-order valence-electron chi connectivity index (χ2n) is 7.18. The van der Waals surface area contributed by atoms with Crippen molar-refractivity contribution in [1.29, 1.82) is 0 Å². The third-order valence-corrected chi connectivity index (χ3v) is 4.97. The summed E-state index contributed by atoms with van der Waals surface area (Å²) in [6.45, 7) is 0.479. The van der Waals surface area contributed by atoms with E-state index in [1.807, 2.05) is 37.5 Å². The van der Waals surface area contributed by atoms with Crippen LogP contribution in [0.4, 0.5) is 23.3 Å². The zero-order valence-corrected chi connectivity index (χ0v) is 17.1. The highest BCUT2D eigenvalue weighted by atomic mass is 16.5. The van der Waals surface area contributed by atoms with E-state index in [2.05, 4.69) is 30.7 Å². The number of anilines is 4. The molecule has 0 radical (unpaired) electrons. The molecule has 3 aromatic heterocycles. The minimum atomic E-state index is -1.15. The highest BCUT2D eigenvalue weighted by Gasteiger charge is 2.23. The SMILES string of the molecule is Cn1cc2c(n1)-c1cccc(Nc3nc(Nc4ccccn4)ncc3C(=O)O)c1OCC2. The highest BCUT2D eigenvalue weighted by Crippen LogP contribution is 2.40. The van der Waals surface area contributed by atoms with Gasteiger partial charge in [-0.25, -0.2) is 14.8 Å². The number of hydrogen-bond donors (Lipinski definition) is 3. The summed E-state index contributed by atoms with van der Waals surface area (Å²) in [5.74, 6) is 0.340. The van der Waals surface area contributed by atoms with Crippen molar-refractivity contribution in [3.05, 3.63) is 66.1 Å². The number of aromatic carboxylic acids is 1. The molecule has 0 saturated carbocycles. The summed E-state index contributed by atoms with van der Waals surface area (Å²) in [5.41, 5.74) is 3.30. The lowest BCUT2D eigenvalue weighted by Crippen LogP contribution is -2.10. The molecule has 0 unspecified atom stereocenters. The molecule has 4 heterocycles. The van der Waals surface area contributed by atoms with E-state index in [1.165, 1.54) is 6.20 Å². The number of rotatable bonds is 5. The van der Waals surface area contributed by atoms with Crippen LogP contribution in [0.1, 0.15) is 15.9 Å². The number of aryl methyl sites for hydroxylation is 1. The van der Waals surface area contributed by atoms with E-state index in [9.17, 15) is 9.90 Å². The molecule has 0 bridgehead atoms. The van der Waals surface area contributed by atoms with Crippen LogP contribution < -0.4 is 15.4 Å². The Kier molecular flexibility index (Phi) is 4.86. The number of pyridine rings is 1. The molecule has 1 aliphatic heterocycles. The summed E-state index contributed by atoms with van der Waals surface area (Å²) < 4.78 is 7.81. The zero-order chi connectivity index (χ0) is 22.1. The first-order valence-electron chi connectivity index (χ1n) is 9.92. The third kappa shape index (κ3) is 3.69. The van der Waals surface area contributed by atoms with Gasteiger partial charge in [-0.15, -0.1) is 0 Å². The first-order chi connectivity index (χ1) is 15.6. The Morgan fingerprint density at radius 2 is 2.06 bits per heavy atom. The van der Waals surface area contributed by atoms with Gasteiger partial charge in [-0.05, 0) is 24.3 Å². The molecule has 0 saturated heterocycles. The van der Waals surface area contributed by atoms with Crippen LogP contribution in [-0.2, 0) is 13.5 Å². The van der Waals surface area contributed by atoms with E-state index in [-0.39, 0.29) is 17.3 Å². The first kappa shape index (κ1) is 19.5. The Labute approximate surface area is 182 Å². The topological polar surface area (TPSA) is 127 Å². The van der Waals surface area contributed by atoms with Gasteiger partial charge in [-0.3, -0.25) is 4.68 Å². The van der Waals surface area contributed by atoms with E-state index < -0.39 is 5.97 Å². The molecule has 32 heavy (non-hydrogen) atoms. The number of benzene rings is 1. The molecule has 0 aliphatic carbocycles. The van der Waals surface area contributed by atoms with Crippen LogP contribution in [0.25, 0.3) is 11.3 Å². The van der Waals surface area contributed by atoms with Crippen molar-refractivity contribution in [2.75, 3.05) is 17.2 Å². The first-order valence-corrected chi connectivity index (χ1v) is 9.92. The second-order valence-corrected chi connectivity index (χ2v) is 7.18. The lowest BCUT2D eigenvalue weighted by molar-refractivity contribution is 0.0697. The van der Waals surface area contributed by atoms with Crippen molar-refractivity contribution in [2.45, 2.75) is 6.42 Å². The minimum absolute atomic E-state index is 0.0682. The average molecular weight is 429 g/mol. The zero-order valence-electron chi connectivity index (χ0n) is 17.1. The van der Waals surface area contributed by atoms with Gasteiger partial charge in [-0.1, -0.05) is 12.1 Å². The average Bonchev–Trinajstić information content (AvgIpc) is 3.06. The Morgan fingerprint density at radius 3 is 2.88 bits per heavy atom. The summed E-state index contributed by atoms with van der Waals surface area (Å²) in [7, 11) is 1.88. The van der Waals surface area contributed by atoms with Crippen LogP contribution >= 0.6 is 0 Å². The molecule has 10 nitrogen and oxygen atoms in total. The number of carboxylic acid groups (broad SMARTS) is 1. The number of para-hydroxylation sites is 1. The van der Waals surface area contributed by atoms with Crippen molar-refractivity contribution in [2.24, 2.45) is 7.05 Å². The summed E-state index contributed by atoms with van der Waals surface area (Å²) in [5, 5.41) is 20.3. The number of nitrogens with zero attached hydrogens (tertiary/aromatic N) is 5.